The standard InChI is InChI=1S/C23H16Cl2N4O2S/c24-16-6-7-18(19(25)10-16)22(31)27-12-21(30)28-17-5-1-3-14(9-17)20-13-32-23(29-20)15-4-2-8-26-11-15/h1-11,13H,12H2,(H,27,31)(H,28,30). The second kappa shape index (κ2) is 9.91. The molecule has 0 radical (unpaired) electrons. The third-order valence-electron chi connectivity index (χ3n) is 4.44. The van der Waals surface area contributed by atoms with Gasteiger partial charge in [0.05, 0.1) is 22.8 Å². The molecule has 6 nitrogen and oxygen atoms in total. The number of hydrogen-bond acceptors (Lipinski definition) is 5. The largest absolute Gasteiger partial charge is 0.343 e. The highest BCUT2D eigenvalue weighted by Gasteiger charge is 2.13. The summed E-state index contributed by atoms with van der Waals surface area (Å²) in [4.78, 5) is 33.4. The van der Waals surface area contributed by atoms with Crippen LogP contribution >= 0.6 is 34.5 Å². The fourth-order valence-corrected chi connectivity index (χ4v) is 4.23. The first-order valence-corrected chi connectivity index (χ1v) is 11.1. The number of anilines is 1. The lowest BCUT2D eigenvalue weighted by Gasteiger charge is -2.09. The monoisotopic (exact) mass is 482 g/mol. The summed E-state index contributed by atoms with van der Waals surface area (Å²) in [7, 11) is 0. The van der Waals surface area contributed by atoms with Crippen LogP contribution in [0.1, 0.15) is 10.4 Å². The van der Waals surface area contributed by atoms with Crippen LogP contribution in [-0.2, 0) is 4.79 Å². The molecule has 2 aromatic heterocycles. The zero-order valence-electron chi connectivity index (χ0n) is 16.5. The van der Waals surface area contributed by atoms with Gasteiger partial charge in [-0.15, -0.1) is 11.3 Å². The van der Waals surface area contributed by atoms with Crippen molar-refractivity contribution in [2.75, 3.05) is 11.9 Å². The van der Waals surface area contributed by atoms with Crippen molar-refractivity contribution in [2.45, 2.75) is 0 Å². The molecule has 0 atom stereocenters. The van der Waals surface area contributed by atoms with Gasteiger partial charge in [0, 0.05) is 39.6 Å². The normalized spacial score (nSPS) is 10.6. The molecule has 0 bridgehead atoms. The topological polar surface area (TPSA) is 84.0 Å². The van der Waals surface area contributed by atoms with E-state index in [0.717, 1.165) is 21.8 Å². The fraction of sp³-hybridized carbons (Fsp3) is 0.0435. The Hall–Kier alpha value is -3.26. The molecule has 0 fully saturated rings. The van der Waals surface area contributed by atoms with E-state index < -0.39 is 5.91 Å². The number of nitrogens with one attached hydrogen (secondary N) is 2. The van der Waals surface area contributed by atoms with E-state index in [0.29, 0.717) is 10.7 Å². The van der Waals surface area contributed by atoms with Crippen LogP contribution in [0.15, 0.2) is 72.4 Å². The predicted molar refractivity (Wildman–Crippen MR) is 128 cm³/mol. The van der Waals surface area contributed by atoms with Gasteiger partial charge < -0.3 is 10.6 Å². The van der Waals surface area contributed by atoms with Crippen LogP contribution in [0.2, 0.25) is 10.0 Å². The maximum Gasteiger partial charge on any atom is 0.253 e. The molecule has 0 saturated heterocycles. The summed E-state index contributed by atoms with van der Waals surface area (Å²) in [6, 6.07) is 15.7. The number of benzene rings is 2. The molecule has 2 heterocycles. The van der Waals surface area contributed by atoms with E-state index in [-0.39, 0.29) is 23.0 Å². The minimum absolute atomic E-state index is 0.204. The molecule has 32 heavy (non-hydrogen) atoms. The summed E-state index contributed by atoms with van der Waals surface area (Å²) in [5, 5.41) is 8.80. The highest BCUT2D eigenvalue weighted by molar-refractivity contribution is 7.13. The van der Waals surface area contributed by atoms with Gasteiger partial charge >= 0.3 is 0 Å². The van der Waals surface area contributed by atoms with Crippen LogP contribution in [0.3, 0.4) is 0 Å². The molecule has 0 aliphatic rings. The molecule has 9 heteroatoms. The highest BCUT2D eigenvalue weighted by Crippen LogP contribution is 2.29. The van der Waals surface area contributed by atoms with E-state index in [4.69, 9.17) is 23.2 Å². The lowest BCUT2D eigenvalue weighted by molar-refractivity contribution is -0.115. The number of thiazole rings is 1. The Morgan fingerprint density at radius 2 is 1.84 bits per heavy atom. The molecular formula is C23H16Cl2N4O2S. The molecule has 0 saturated carbocycles. The first-order chi connectivity index (χ1) is 15.5. The Labute approximate surface area is 198 Å². The Balaban J connectivity index is 1.39. The van der Waals surface area contributed by atoms with Gasteiger partial charge in [0.2, 0.25) is 5.91 Å². The molecule has 4 aromatic rings. The average Bonchev–Trinajstić information content (AvgIpc) is 3.29. The molecule has 160 valence electrons. The van der Waals surface area contributed by atoms with Crippen LogP contribution in [0, 0.1) is 0 Å². The fourth-order valence-electron chi connectivity index (χ4n) is 2.92. The van der Waals surface area contributed by atoms with E-state index in [1.165, 1.54) is 23.5 Å². The molecule has 2 N–H and O–H groups in total. The van der Waals surface area contributed by atoms with Crippen molar-refractivity contribution in [3.05, 3.63) is 88.0 Å². The summed E-state index contributed by atoms with van der Waals surface area (Å²) in [5.74, 6) is -0.823. The summed E-state index contributed by atoms with van der Waals surface area (Å²) >= 11 is 13.4. The number of amides is 2. The number of carbonyl (C=O) groups is 2. The van der Waals surface area contributed by atoms with E-state index in [1.54, 1.807) is 24.5 Å². The number of pyridine rings is 1. The quantitative estimate of drug-likeness (QED) is 0.377. The minimum Gasteiger partial charge on any atom is -0.343 e. The van der Waals surface area contributed by atoms with Gasteiger partial charge in [-0.1, -0.05) is 35.3 Å². The summed E-state index contributed by atoms with van der Waals surface area (Å²) in [5.41, 5.74) is 3.47. The number of aromatic nitrogens is 2. The van der Waals surface area contributed by atoms with Gasteiger partial charge in [-0.2, -0.15) is 0 Å². The number of nitrogens with zero attached hydrogens (tertiary/aromatic N) is 2. The third kappa shape index (κ3) is 5.31. The van der Waals surface area contributed by atoms with E-state index >= 15 is 0 Å². The molecule has 0 aliphatic carbocycles. The van der Waals surface area contributed by atoms with Gasteiger partial charge in [-0.3, -0.25) is 14.6 Å². The van der Waals surface area contributed by atoms with Crippen molar-refractivity contribution in [3.63, 3.8) is 0 Å². The van der Waals surface area contributed by atoms with Crippen LogP contribution in [0.5, 0.6) is 0 Å². The van der Waals surface area contributed by atoms with Crippen LogP contribution in [0.25, 0.3) is 21.8 Å². The summed E-state index contributed by atoms with van der Waals surface area (Å²) < 4.78 is 0. The van der Waals surface area contributed by atoms with Gasteiger partial charge in [0.15, 0.2) is 0 Å². The number of rotatable bonds is 6. The van der Waals surface area contributed by atoms with Crippen LogP contribution in [-0.4, -0.2) is 28.3 Å². The number of carbonyl (C=O) groups excluding carboxylic acids is 2. The minimum atomic E-state index is -0.457. The molecule has 4 rings (SSSR count). The molecule has 2 aromatic carbocycles. The van der Waals surface area contributed by atoms with Crippen molar-refractivity contribution in [3.8, 4) is 21.8 Å². The Morgan fingerprint density at radius 1 is 1.00 bits per heavy atom. The number of hydrogen-bond donors (Lipinski definition) is 2. The maximum atomic E-state index is 12.3. The maximum absolute atomic E-state index is 12.3. The van der Waals surface area contributed by atoms with Crippen LogP contribution in [0.4, 0.5) is 5.69 Å². The van der Waals surface area contributed by atoms with E-state index in [2.05, 4.69) is 20.6 Å². The van der Waals surface area contributed by atoms with Crippen LogP contribution < -0.4 is 10.6 Å². The van der Waals surface area contributed by atoms with E-state index in [1.807, 2.05) is 35.7 Å². The zero-order valence-corrected chi connectivity index (χ0v) is 18.8. The highest BCUT2D eigenvalue weighted by atomic mass is 35.5. The average molecular weight is 483 g/mol. The first kappa shape index (κ1) is 22.0. The van der Waals surface area contributed by atoms with Crippen molar-refractivity contribution < 1.29 is 9.59 Å². The van der Waals surface area contributed by atoms with Gasteiger partial charge in [-0.05, 0) is 42.5 Å². The smallest absolute Gasteiger partial charge is 0.253 e. The van der Waals surface area contributed by atoms with Crippen molar-refractivity contribution in [1.29, 1.82) is 0 Å². The van der Waals surface area contributed by atoms with Gasteiger partial charge in [0.1, 0.15) is 5.01 Å². The lowest BCUT2D eigenvalue weighted by atomic mass is 10.1. The number of halogens is 2. The predicted octanol–water partition coefficient (Wildman–Crippen LogP) is 5.55. The lowest BCUT2D eigenvalue weighted by Crippen LogP contribution is -2.33. The molecule has 0 spiro atoms. The SMILES string of the molecule is O=C(CNC(=O)c1ccc(Cl)cc1Cl)Nc1cccc(-c2csc(-c3cccnc3)n2)c1. The van der Waals surface area contributed by atoms with E-state index in [9.17, 15) is 9.59 Å². The molecule has 2 amide bonds. The van der Waals surface area contributed by atoms with Crippen molar-refractivity contribution in [1.82, 2.24) is 15.3 Å². The molecular weight excluding hydrogens is 467 g/mol. The van der Waals surface area contributed by atoms with Crippen molar-refractivity contribution in [2.24, 2.45) is 0 Å². The first-order valence-electron chi connectivity index (χ1n) is 9.49. The van der Waals surface area contributed by atoms with Crippen molar-refractivity contribution >= 4 is 52.0 Å². The molecule has 0 unspecified atom stereocenters. The summed E-state index contributed by atoms with van der Waals surface area (Å²) in [6.07, 6.45) is 3.49. The Bertz CT molecular complexity index is 1280. The third-order valence-corrected chi connectivity index (χ3v) is 5.88. The second-order valence-corrected chi connectivity index (χ2v) is 8.42. The van der Waals surface area contributed by atoms with Gasteiger partial charge in [-0.25, -0.2) is 4.98 Å². The second-order valence-electron chi connectivity index (χ2n) is 6.72. The molecule has 0 aliphatic heterocycles. The zero-order chi connectivity index (χ0) is 22.5. The Morgan fingerprint density at radius 3 is 2.62 bits per heavy atom. The Kier molecular flexibility index (Phi) is 6.80. The van der Waals surface area contributed by atoms with Gasteiger partial charge in [0.25, 0.3) is 5.91 Å². The summed E-state index contributed by atoms with van der Waals surface area (Å²) in [6.45, 7) is -0.204.